The second-order valence-electron chi connectivity index (χ2n) is 11.7. The zero-order valence-electron chi connectivity index (χ0n) is 25.0. The number of likely N-dealkylation sites (tertiary alicyclic amines) is 1. The summed E-state index contributed by atoms with van der Waals surface area (Å²) in [5.74, 6) is 0.127. The van der Waals surface area contributed by atoms with Crippen LogP contribution in [0.5, 0.6) is 0 Å². The van der Waals surface area contributed by atoms with Crippen LogP contribution in [0.2, 0.25) is 0 Å². The second kappa shape index (κ2) is 13.8. The number of ether oxygens (including phenoxy) is 1. The maximum atomic E-state index is 13.6. The van der Waals surface area contributed by atoms with Gasteiger partial charge in [0.15, 0.2) is 0 Å². The number of amides is 3. The molecule has 3 amide bonds. The number of alkyl carbamates (subject to hydrolysis) is 1. The number of hydrogen-bond donors (Lipinski definition) is 1. The molecule has 0 aliphatic carbocycles. The summed E-state index contributed by atoms with van der Waals surface area (Å²) in [6, 6.07) is 13.3. The third-order valence-corrected chi connectivity index (χ3v) is 7.09. The Kier molecular flexibility index (Phi) is 10.1. The van der Waals surface area contributed by atoms with E-state index in [4.69, 9.17) is 9.73 Å². The number of rotatable bonds is 8. The van der Waals surface area contributed by atoms with Gasteiger partial charge in [0.05, 0.1) is 12.4 Å². The summed E-state index contributed by atoms with van der Waals surface area (Å²) in [6.07, 6.45) is 4.31. The zero-order chi connectivity index (χ0) is 30.3. The van der Waals surface area contributed by atoms with Crippen molar-refractivity contribution in [1.29, 1.82) is 0 Å². The van der Waals surface area contributed by atoms with E-state index in [9.17, 15) is 18.8 Å². The minimum absolute atomic E-state index is 0.0504. The number of aliphatic imine (C=N–C) groups is 1. The number of fused-ring (bicyclic) bond motifs is 1. The Hall–Kier alpha value is -4.01. The Morgan fingerprint density at radius 2 is 1.71 bits per heavy atom. The van der Waals surface area contributed by atoms with Crippen LogP contribution in [0.3, 0.4) is 0 Å². The first-order chi connectivity index (χ1) is 20.1. The quantitative estimate of drug-likeness (QED) is 0.387. The fourth-order valence-electron chi connectivity index (χ4n) is 5.12. The Morgan fingerprint density at radius 1 is 1.02 bits per heavy atom. The zero-order valence-corrected chi connectivity index (χ0v) is 25.0. The van der Waals surface area contributed by atoms with Crippen LogP contribution >= 0.6 is 0 Å². The van der Waals surface area contributed by atoms with Gasteiger partial charge in [-0.2, -0.15) is 0 Å². The number of halogens is 1. The summed E-state index contributed by atoms with van der Waals surface area (Å²) >= 11 is 0. The number of nitrogens with one attached hydrogen (secondary N) is 1. The molecule has 0 bridgehead atoms. The number of alkyl halides is 1. The molecule has 4 rings (SSSR count). The third-order valence-electron chi connectivity index (χ3n) is 7.09. The van der Waals surface area contributed by atoms with Crippen molar-refractivity contribution in [2.75, 3.05) is 32.9 Å². The molecule has 0 radical (unpaired) electrons. The molecule has 224 valence electrons. The molecule has 1 fully saturated rings. The van der Waals surface area contributed by atoms with Crippen LogP contribution in [0.1, 0.15) is 75.7 Å². The molecule has 0 atom stereocenters. The lowest BCUT2D eigenvalue weighted by Crippen LogP contribution is -2.38. The van der Waals surface area contributed by atoms with Gasteiger partial charge in [-0.25, -0.2) is 9.79 Å². The third kappa shape index (κ3) is 8.05. The van der Waals surface area contributed by atoms with Crippen molar-refractivity contribution < 1.29 is 23.5 Å². The number of carbonyl (C=O) groups excluding carboxylic acids is 3. The van der Waals surface area contributed by atoms with E-state index in [-0.39, 0.29) is 30.5 Å². The van der Waals surface area contributed by atoms with Crippen molar-refractivity contribution in [3.63, 3.8) is 0 Å². The molecule has 0 aromatic heterocycles. The maximum Gasteiger partial charge on any atom is 0.413 e. The Morgan fingerprint density at radius 3 is 2.36 bits per heavy atom. The van der Waals surface area contributed by atoms with Gasteiger partial charge in [-0.15, -0.1) is 0 Å². The smallest absolute Gasteiger partial charge is 0.413 e. The van der Waals surface area contributed by atoms with Gasteiger partial charge in [-0.3, -0.25) is 19.3 Å². The summed E-state index contributed by atoms with van der Waals surface area (Å²) in [6.45, 7) is 9.21. The molecule has 1 N–H and O–H groups in total. The predicted octanol–water partition coefficient (Wildman–Crippen LogP) is 6.53. The molecule has 42 heavy (non-hydrogen) atoms. The van der Waals surface area contributed by atoms with Gasteiger partial charge < -0.3 is 14.5 Å². The SMILES string of the molecule is CCCN(CCCF)C(=O)C1=Cc2ccc(-c3ccc(C(=O)N4CCCC4)cc3)cc2N=C(NC(=O)OC(C)(C)C)C1. The molecule has 0 spiro atoms. The van der Waals surface area contributed by atoms with E-state index in [0.29, 0.717) is 29.9 Å². The van der Waals surface area contributed by atoms with Gasteiger partial charge in [-0.1, -0.05) is 31.2 Å². The first kappa shape index (κ1) is 30.9. The molecular formula is C33H41FN4O4. The Balaban J connectivity index is 1.66. The van der Waals surface area contributed by atoms with Crippen LogP contribution in [0, 0.1) is 0 Å². The molecule has 9 heteroatoms. The van der Waals surface area contributed by atoms with E-state index in [1.807, 2.05) is 54.3 Å². The summed E-state index contributed by atoms with van der Waals surface area (Å²) in [4.78, 5) is 47.3. The highest BCUT2D eigenvalue weighted by atomic mass is 19.1. The fourth-order valence-corrected chi connectivity index (χ4v) is 5.12. The van der Waals surface area contributed by atoms with Crippen LogP contribution in [-0.2, 0) is 9.53 Å². The normalized spacial score (nSPS) is 14.8. The molecule has 8 nitrogen and oxygen atoms in total. The summed E-state index contributed by atoms with van der Waals surface area (Å²) < 4.78 is 18.4. The highest BCUT2D eigenvalue weighted by Crippen LogP contribution is 2.33. The van der Waals surface area contributed by atoms with Gasteiger partial charge in [0.25, 0.3) is 5.91 Å². The van der Waals surface area contributed by atoms with E-state index in [1.165, 1.54) is 0 Å². The summed E-state index contributed by atoms with van der Waals surface area (Å²) in [5.41, 5.74) is 3.52. The Labute approximate surface area is 247 Å². The van der Waals surface area contributed by atoms with Crippen LogP contribution in [0.4, 0.5) is 14.9 Å². The van der Waals surface area contributed by atoms with Crippen LogP contribution in [0.25, 0.3) is 17.2 Å². The number of carbonyl (C=O) groups is 3. The first-order valence-electron chi connectivity index (χ1n) is 14.7. The molecule has 2 aliphatic rings. The highest BCUT2D eigenvalue weighted by Gasteiger charge is 2.25. The summed E-state index contributed by atoms with van der Waals surface area (Å²) in [5, 5.41) is 2.74. The lowest BCUT2D eigenvalue weighted by molar-refractivity contribution is -0.127. The lowest BCUT2D eigenvalue weighted by Gasteiger charge is -2.23. The van der Waals surface area contributed by atoms with Crippen molar-refractivity contribution in [1.82, 2.24) is 15.1 Å². The molecule has 2 heterocycles. The molecule has 0 unspecified atom stereocenters. The maximum absolute atomic E-state index is 13.6. The molecular weight excluding hydrogens is 535 g/mol. The van der Waals surface area contributed by atoms with Crippen molar-refractivity contribution in [3.8, 4) is 11.1 Å². The van der Waals surface area contributed by atoms with Crippen molar-refractivity contribution in [2.45, 2.75) is 65.4 Å². The van der Waals surface area contributed by atoms with Gasteiger partial charge in [-0.05, 0) is 81.9 Å². The van der Waals surface area contributed by atoms with Crippen LogP contribution in [-0.4, -0.2) is 72.0 Å². The minimum Gasteiger partial charge on any atom is -0.444 e. The number of nitrogens with zero attached hydrogens (tertiary/aromatic N) is 3. The summed E-state index contributed by atoms with van der Waals surface area (Å²) in [7, 11) is 0. The van der Waals surface area contributed by atoms with E-state index in [2.05, 4.69) is 5.32 Å². The lowest BCUT2D eigenvalue weighted by atomic mass is 9.99. The molecule has 1 saturated heterocycles. The standard InChI is InChI=1S/C33H41FN4O4/c1-5-16-37(19-8-15-34)31(40)27-20-26-14-13-25(21-28(26)35-29(22-27)36-32(41)42-33(2,3)4)23-9-11-24(12-10-23)30(39)38-17-6-7-18-38/h9-14,20-21H,5-8,15-19,22H2,1-4H3,(H,35,36,41). The van der Waals surface area contributed by atoms with Crippen LogP contribution < -0.4 is 5.32 Å². The molecule has 0 saturated carbocycles. The predicted molar refractivity (Wildman–Crippen MR) is 164 cm³/mol. The van der Waals surface area contributed by atoms with Crippen LogP contribution in [0.15, 0.2) is 53.0 Å². The average Bonchev–Trinajstić information content (AvgIpc) is 3.43. The largest absolute Gasteiger partial charge is 0.444 e. The van der Waals surface area contributed by atoms with Crippen molar-refractivity contribution in [2.24, 2.45) is 4.99 Å². The average molecular weight is 577 g/mol. The van der Waals surface area contributed by atoms with E-state index in [0.717, 1.165) is 49.0 Å². The molecule has 2 aromatic carbocycles. The van der Waals surface area contributed by atoms with E-state index >= 15 is 0 Å². The van der Waals surface area contributed by atoms with Crippen molar-refractivity contribution >= 4 is 35.5 Å². The molecule has 2 aromatic rings. The van der Waals surface area contributed by atoms with E-state index < -0.39 is 18.4 Å². The highest BCUT2D eigenvalue weighted by molar-refractivity contribution is 6.08. The van der Waals surface area contributed by atoms with Gasteiger partial charge in [0, 0.05) is 49.3 Å². The second-order valence-corrected chi connectivity index (χ2v) is 11.7. The monoisotopic (exact) mass is 576 g/mol. The van der Waals surface area contributed by atoms with Gasteiger partial charge in [0.1, 0.15) is 11.4 Å². The Bertz CT molecular complexity index is 1360. The topological polar surface area (TPSA) is 91.3 Å². The minimum atomic E-state index is -0.707. The number of amidine groups is 1. The first-order valence-corrected chi connectivity index (χ1v) is 14.7. The number of benzene rings is 2. The molecule has 2 aliphatic heterocycles. The fraction of sp³-hybridized carbons (Fsp3) is 0.455. The van der Waals surface area contributed by atoms with Crippen molar-refractivity contribution in [3.05, 3.63) is 59.2 Å². The van der Waals surface area contributed by atoms with Gasteiger partial charge in [0.2, 0.25) is 5.91 Å². The number of hydrogen-bond acceptors (Lipinski definition) is 5. The van der Waals surface area contributed by atoms with Gasteiger partial charge >= 0.3 is 6.09 Å². The van der Waals surface area contributed by atoms with E-state index in [1.54, 1.807) is 31.7 Å².